The van der Waals surface area contributed by atoms with Gasteiger partial charge in [0.1, 0.15) is 0 Å². The number of fused-ring (bicyclic) bond motifs is 1. The molecule has 3 rings (SSSR count). The van der Waals surface area contributed by atoms with Crippen LogP contribution in [0.1, 0.15) is 22.7 Å². The molecule has 3 heteroatoms. The van der Waals surface area contributed by atoms with Crippen molar-refractivity contribution in [1.29, 1.82) is 0 Å². The molecule has 1 heterocycles. The molecule has 102 valence electrons. The van der Waals surface area contributed by atoms with Gasteiger partial charge in [0, 0.05) is 9.72 Å². The molecule has 0 saturated heterocycles. The van der Waals surface area contributed by atoms with Gasteiger partial charge in [-0.1, -0.05) is 41.9 Å². The summed E-state index contributed by atoms with van der Waals surface area (Å²) in [5, 5.41) is 7.70. The number of nitrogens with one attached hydrogen (secondary N) is 1. The lowest BCUT2D eigenvalue weighted by molar-refractivity contribution is 0.697. The van der Waals surface area contributed by atoms with Crippen LogP contribution >= 0.6 is 22.9 Å². The van der Waals surface area contributed by atoms with Gasteiger partial charge in [-0.25, -0.2) is 0 Å². The van der Waals surface area contributed by atoms with Crippen LogP contribution in [0.15, 0.2) is 47.8 Å². The molecule has 1 unspecified atom stereocenters. The van der Waals surface area contributed by atoms with Crippen LogP contribution in [0.5, 0.6) is 0 Å². The van der Waals surface area contributed by atoms with Crippen molar-refractivity contribution < 1.29 is 0 Å². The van der Waals surface area contributed by atoms with Crippen LogP contribution in [0, 0.1) is 6.92 Å². The first-order chi connectivity index (χ1) is 9.70. The van der Waals surface area contributed by atoms with Crippen molar-refractivity contribution in [3.8, 4) is 0 Å². The summed E-state index contributed by atoms with van der Waals surface area (Å²) in [6.45, 7) is 2.05. The highest BCUT2D eigenvalue weighted by atomic mass is 35.5. The Morgan fingerprint density at radius 1 is 1.15 bits per heavy atom. The van der Waals surface area contributed by atoms with E-state index in [0.29, 0.717) is 0 Å². The zero-order valence-electron chi connectivity index (χ0n) is 11.5. The van der Waals surface area contributed by atoms with Gasteiger partial charge in [0.2, 0.25) is 0 Å². The van der Waals surface area contributed by atoms with Gasteiger partial charge < -0.3 is 5.32 Å². The lowest BCUT2D eigenvalue weighted by atomic mass is 9.96. The van der Waals surface area contributed by atoms with Crippen molar-refractivity contribution in [3.05, 3.63) is 69.6 Å². The van der Waals surface area contributed by atoms with Crippen LogP contribution in [0.3, 0.4) is 0 Å². The van der Waals surface area contributed by atoms with Crippen molar-refractivity contribution in [2.24, 2.45) is 0 Å². The number of rotatable bonds is 3. The normalized spacial score (nSPS) is 12.8. The van der Waals surface area contributed by atoms with Gasteiger partial charge in [-0.3, -0.25) is 0 Å². The minimum Gasteiger partial charge on any atom is -0.309 e. The van der Waals surface area contributed by atoms with Crippen LogP contribution in [0.25, 0.3) is 10.1 Å². The number of benzene rings is 2. The Balaban J connectivity index is 2.13. The maximum Gasteiger partial charge on any atom is 0.0588 e. The van der Waals surface area contributed by atoms with E-state index in [9.17, 15) is 0 Å². The van der Waals surface area contributed by atoms with E-state index in [1.54, 1.807) is 11.3 Å². The van der Waals surface area contributed by atoms with Crippen LogP contribution < -0.4 is 5.32 Å². The Morgan fingerprint density at radius 3 is 2.75 bits per heavy atom. The molecule has 2 aromatic carbocycles. The van der Waals surface area contributed by atoms with E-state index >= 15 is 0 Å². The molecule has 0 amide bonds. The molecule has 0 spiro atoms. The minimum atomic E-state index is 0.188. The third-order valence-electron chi connectivity index (χ3n) is 3.62. The van der Waals surface area contributed by atoms with E-state index in [-0.39, 0.29) is 6.04 Å². The molecule has 1 aromatic heterocycles. The molecular weight excluding hydrogens is 286 g/mol. The van der Waals surface area contributed by atoms with E-state index in [2.05, 4.69) is 47.1 Å². The molecule has 0 aliphatic rings. The highest BCUT2D eigenvalue weighted by Crippen LogP contribution is 2.33. The maximum absolute atomic E-state index is 6.13. The molecule has 1 nitrogen and oxygen atoms in total. The molecule has 20 heavy (non-hydrogen) atoms. The highest BCUT2D eigenvalue weighted by Gasteiger charge is 2.16. The van der Waals surface area contributed by atoms with Gasteiger partial charge in [0.15, 0.2) is 0 Å². The Kier molecular flexibility index (Phi) is 3.79. The van der Waals surface area contributed by atoms with Gasteiger partial charge in [-0.2, -0.15) is 0 Å². The van der Waals surface area contributed by atoms with Crippen molar-refractivity contribution in [3.63, 3.8) is 0 Å². The molecule has 1 N–H and O–H groups in total. The number of hydrogen-bond acceptors (Lipinski definition) is 2. The van der Waals surface area contributed by atoms with E-state index in [1.165, 1.54) is 21.2 Å². The monoisotopic (exact) mass is 301 g/mol. The second kappa shape index (κ2) is 5.57. The van der Waals surface area contributed by atoms with E-state index in [1.807, 2.05) is 20.0 Å². The largest absolute Gasteiger partial charge is 0.309 e. The predicted molar refractivity (Wildman–Crippen MR) is 88.9 cm³/mol. The van der Waals surface area contributed by atoms with Crippen molar-refractivity contribution in [1.82, 2.24) is 5.32 Å². The Morgan fingerprint density at radius 2 is 2.00 bits per heavy atom. The summed E-state index contributed by atoms with van der Waals surface area (Å²) in [5.41, 5.74) is 3.68. The minimum absolute atomic E-state index is 0.188. The fourth-order valence-corrected chi connectivity index (χ4v) is 3.66. The summed E-state index contributed by atoms with van der Waals surface area (Å²) in [6, 6.07) is 15.1. The zero-order chi connectivity index (χ0) is 14.1. The van der Waals surface area contributed by atoms with E-state index < -0.39 is 0 Å². The number of thiophene rings is 1. The quantitative estimate of drug-likeness (QED) is 0.703. The molecule has 0 aliphatic heterocycles. The first-order valence-electron chi connectivity index (χ1n) is 6.60. The average Bonchev–Trinajstić information content (AvgIpc) is 2.93. The van der Waals surface area contributed by atoms with Crippen molar-refractivity contribution in [2.45, 2.75) is 13.0 Å². The smallest absolute Gasteiger partial charge is 0.0588 e. The van der Waals surface area contributed by atoms with Crippen molar-refractivity contribution in [2.75, 3.05) is 7.05 Å². The molecule has 0 aliphatic carbocycles. The first-order valence-corrected chi connectivity index (χ1v) is 7.86. The second-order valence-corrected chi connectivity index (χ2v) is 6.24. The summed E-state index contributed by atoms with van der Waals surface area (Å²) < 4.78 is 1.35. The second-order valence-electron chi connectivity index (χ2n) is 4.92. The fraction of sp³-hybridized carbons (Fsp3) is 0.176. The molecule has 3 aromatic rings. The fourth-order valence-electron chi connectivity index (χ4n) is 2.59. The third-order valence-corrected chi connectivity index (χ3v) is 5.03. The summed E-state index contributed by atoms with van der Waals surface area (Å²) >= 11 is 7.93. The summed E-state index contributed by atoms with van der Waals surface area (Å²) in [7, 11) is 2.00. The van der Waals surface area contributed by atoms with Gasteiger partial charge in [0.05, 0.1) is 6.04 Å². The summed E-state index contributed by atoms with van der Waals surface area (Å²) in [5.74, 6) is 0. The number of hydrogen-bond donors (Lipinski definition) is 1. The number of halogens is 1. The Bertz CT molecular complexity index is 748. The molecular formula is C17H16ClNS. The molecule has 0 radical (unpaired) electrons. The standard InChI is InChI=1S/C17H16ClNS/c1-11-10-13(6-7-15(11)18)16(19-2)14-5-3-4-12-8-9-20-17(12)14/h3-10,16,19H,1-2H3. The molecule has 1 atom stereocenters. The van der Waals surface area contributed by atoms with E-state index in [0.717, 1.165) is 10.6 Å². The lowest BCUT2D eigenvalue weighted by Gasteiger charge is -2.19. The SMILES string of the molecule is CNC(c1ccc(Cl)c(C)c1)c1cccc2ccsc12. The molecule has 0 saturated carbocycles. The summed E-state index contributed by atoms with van der Waals surface area (Å²) in [4.78, 5) is 0. The Labute approximate surface area is 128 Å². The van der Waals surface area contributed by atoms with Gasteiger partial charge in [0.25, 0.3) is 0 Å². The topological polar surface area (TPSA) is 12.0 Å². The molecule has 0 bridgehead atoms. The van der Waals surface area contributed by atoms with Crippen LogP contribution in [-0.4, -0.2) is 7.05 Å². The van der Waals surface area contributed by atoms with Crippen LogP contribution in [-0.2, 0) is 0 Å². The van der Waals surface area contributed by atoms with Crippen molar-refractivity contribution >= 4 is 33.0 Å². The third kappa shape index (κ3) is 2.35. The van der Waals surface area contributed by atoms with Crippen LogP contribution in [0.2, 0.25) is 5.02 Å². The molecule has 0 fully saturated rings. The van der Waals surface area contributed by atoms with Gasteiger partial charge >= 0.3 is 0 Å². The maximum atomic E-state index is 6.13. The van der Waals surface area contributed by atoms with Gasteiger partial charge in [-0.15, -0.1) is 11.3 Å². The van der Waals surface area contributed by atoms with Crippen LogP contribution in [0.4, 0.5) is 0 Å². The zero-order valence-corrected chi connectivity index (χ0v) is 13.1. The summed E-state index contributed by atoms with van der Waals surface area (Å²) in [6.07, 6.45) is 0. The first kappa shape index (κ1) is 13.6. The van der Waals surface area contributed by atoms with E-state index in [4.69, 9.17) is 11.6 Å². The van der Waals surface area contributed by atoms with Gasteiger partial charge in [-0.05, 0) is 53.6 Å². The Hall–Kier alpha value is -1.35. The average molecular weight is 302 g/mol. The highest BCUT2D eigenvalue weighted by molar-refractivity contribution is 7.17. The predicted octanol–water partition coefficient (Wildman–Crippen LogP) is 5.17. The lowest BCUT2D eigenvalue weighted by Crippen LogP contribution is -2.17. The number of aryl methyl sites for hydroxylation is 1.